The van der Waals surface area contributed by atoms with Crippen LogP contribution >= 0.6 is 0 Å². The van der Waals surface area contributed by atoms with E-state index in [1.807, 2.05) is 13.8 Å². The number of urea groups is 1. The van der Waals surface area contributed by atoms with Gasteiger partial charge in [-0.3, -0.25) is 19.2 Å². The molecule has 1 fully saturated rings. The lowest BCUT2D eigenvalue weighted by Crippen LogP contribution is -2.70. The molecule has 0 aliphatic carbocycles. The summed E-state index contributed by atoms with van der Waals surface area (Å²) in [5, 5.41) is 6.95. The van der Waals surface area contributed by atoms with Gasteiger partial charge in [0.05, 0.1) is 23.8 Å². The van der Waals surface area contributed by atoms with E-state index >= 15 is 0 Å². The topological polar surface area (TPSA) is 126 Å². The van der Waals surface area contributed by atoms with E-state index in [2.05, 4.69) is 15.4 Å². The summed E-state index contributed by atoms with van der Waals surface area (Å²) in [7, 11) is 3.31. The van der Waals surface area contributed by atoms with Crippen molar-refractivity contribution < 1.29 is 18.8 Å². The third-order valence-electron chi connectivity index (χ3n) is 6.91. The number of nitrogens with zero attached hydrogens (tertiary/aromatic N) is 5. The van der Waals surface area contributed by atoms with Gasteiger partial charge in [0, 0.05) is 26.0 Å². The number of β-lactam (4-membered cyclic amide) rings is 1. The molecular weight excluding hydrogens is 489 g/mol. The summed E-state index contributed by atoms with van der Waals surface area (Å²) in [6, 6.07) is 5.54. The molecule has 10 nitrogen and oxygen atoms in total. The van der Waals surface area contributed by atoms with Gasteiger partial charge in [-0.2, -0.15) is 5.10 Å². The molecular formula is C27H32FN7O3. The van der Waals surface area contributed by atoms with Crippen molar-refractivity contribution in [2.45, 2.75) is 45.7 Å². The number of nitrogens with two attached hydrogens (primary N) is 1. The first-order valence-corrected chi connectivity index (χ1v) is 12.4. The van der Waals surface area contributed by atoms with Crippen molar-refractivity contribution in [2.24, 2.45) is 13.0 Å². The van der Waals surface area contributed by atoms with Crippen molar-refractivity contribution in [1.82, 2.24) is 25.0 Å². The number of halogens is 1. The van der Waals surface area contributed by atoms with E-state index in [0.717, 1.165) is 16.0 Å². The summed E-state index contributed by atoms with van der Waals surface area (Å²) >= 11 is 0. The molecule has 0 spiro atoms. The zero-order valence-electron chi connectivity index (χ0n) is 22.1. The molecule has 0 radical (unpaired) electrons. The third-order valence-corrected chi connectivity index (χ3v) is 6.91. The second-order valence-corrected chi connectivity index (χ2v) is 9.69. The predicted octanol–water partition coefficient (Wildman–Crippen LogP) is 3.05. The summed E-state index contributed by atoms with van der Waals surface area (Å²) in [6.45, 7) is 5.47. The molecule has 3 N–H and O–H groups in total. The molecule has 200 valence electrons. The first-order valence-electron chi connectivity index (χ1n) is 12.4. The van der Waals surface area contributed by atoms with Gasteiger partial charge in [0.15, 0.2) is 0 Å². The van der Waals surface area contributed by atoms with Crippen LogP contribution in [0.15, 0.2) is 42.7 Å². The number of nitrogen functional groups attached to an aromatic ring is 1. The number of imide groups is 1. The highest BCUT2D eigenvalue weighted by molar-refractivity contribution is 6.12. The lowest BCUT2D eigenvalue weighted by Gasteiger charge is -2.46. The largest absolute Gasteiger partial charge is 0.384 e. The Labute approximate surface area is 220 Å². The molecule has 1 aromatic carbocycles. The summed E-state index contributed by atoms with van der Waals surface area (Å²) in [6.07, 6.45) is 3.88. The Kier molecular flexibility index (Phi) is 7.47. The van der Waals surface area contributed by atoms with Crippen LogP contribution in [0.3, 0.4) is 0 Å². The average Bonchev–Trinajstić information content (AvgIpc) is 3.30. The van der Waals surface area contributed by atoms with Gasteiger partial charge < -0.3 is 16.0 Å². The van der Waals surface area contributed by atoms with Gasteiger partial charge in [-0.15, -0.1) is 0 Å². The number of likely N-dealkylation sites (N-methyl/N-ethyl adjacent to an activating group) is 1. The van der Waals surface area contributed by atoms with E-state index in [1.165, 1.54) is 23.2 Å². The SMILES string of the molecule is CCC(NC(=O)N1C(=O)[C@H](Cc2cc(C)nc(N)c2)[C@H]1C(=O)N(C)c1cnn(C)c1)c1cc(F)ccc1C. The highest BCUT2D eigenvalue weighted by Gasteiger charge is 2.55. The van der Waals surface area contributed by atoms with E-state index in [-0.39, 0.29) is 6.42 Å². The maximum Gasteiger partial charge on any atom is 0.325 e. The summed E-state index contributed by atoms with van der Waals surface area (Å²) in [5.74, 6) is -1.78. The Balaban J connectivity index is 1.63. The van der Waals surface area contributed by atoms with Crippen LogP contribution in [0.1, 0.15) is 41.8 Å². The van der Waals surface area contributed by atoms with Gasteiger partial charge in [0.2, 0.25) is 5.91 Å². The highest BCUT2D eigenvalue weighted by atomic mass is 19.1. The standard InChI is InChI=1S/C27H32FN7O3/c1-6-22(20-12-18(28)8-7-15(20)2)32-27(38)35-24(26(37)34(5)19-13-30-33(4)14-19)21(25(35)36)10-17-9-16(3)31-23(29)11-17/h7-9,11-14,21-22,24H,6,10H2,1-5H3,(H2,29,31)(H,32,38)/t21-,22?,24+/m1/s1. The minimum absolute atomic E-state index is 0.216. The number of aromatic nitrogens is 3. The number of pyridine rings is 1. The van der Waals surface area contributed by atoms with Crippen LogP contribution in [0.25, 0.3) is 0 Å². The first-order chi connectivity index (χ1) is 18.0. The van der Waals surface area contributed by atoms with Crippen LogP contribution in [-0.2, 0) is 23.1 Å². The second-order valence-electron chi connectivity index (χ2n) is 9.69. The average molecular weight is 522 g/mol. The van der Waals surface area contributed by atoms with Crippen molar-refractivity contribution in [3.8, 4) is 0 Å². The summed E-state index contributed by atoms with van der Waals surface area (Å²) in [5.41, 5.74) is 9.28. The maximum atomic E-state index is 14.0. The lowest BCUT2D eigenvalue weighted by atomic mass is 9.81. The number of aryl methyl sites for hydroxylation is 3. The molecule has 3 atom stereocenters. The molecule has 2 aromatic heterocycles. The van der Waals surface area contributed by atoms with Gasteiger partial charge in [-0.25, -0.2) is 14.2 Å². The fraction of sp³-hybridized carbons (Fsp3) is 0.370. The third kappa shape index (κ3) is 5.22. The second kappa shape index (κ2) is 10.6. The smallest absolute Gasteiger partial charge is 0.325 e. The van der Waals surface area contributed by atoms with Crippen LogP contribution in [0, 0.1) is 25.6 Å². The molecule has 1 saturated heterocycles. The molecule has 3 heterocycles. The number of likely N-dealkylation sites (tertiary alicyclic amines) is 1. The monoisotopic (exact) mass is 521 g/mol. The highest BCUT2D eigenvalue weighted by Crippen LogP contribution is 2.34. The number of hydrogen-bond acceptors (Lipinski definition) is 6. The van der Waals surface area contributed by atoms with Gasteiger partial charge in [0.1, 0.15) is 17.7 Å². The summed E-state index contributed by atoms with van der Waals surface area (Å²) < 4.78 is 15.5. The van der Waals surface area contributed by atoms with Gasteiger partial charge in [-0.05, 0) is 67.6 Å². The van der Waals surface area contributed by atoms with E-state index in [1.54, 1.807) is 50.1 Å². The number of nitrogens with one attached hydrogen (secondary N) is 1. The Morgan fingerprint density at radius 3 is 2.61 bits per heavy atom. The van der Waals surface area contributed by atoms with Crippen molar-refractivity contribution >= 4 is 29.4 Å². The number of anilines is 2. The molecule has 1 unspecified atom stereocenters. The molecule has 4 rings (SSSR count). The van der Waals surface area contributed by atoms with Gasteiger partial charge in [0.25, 0.3) is 5.91 Å². The van der Waals surface area contributed by atoms with E-state index in [0.29, 0.717) is 29.2 Å². The Morgan fingerprint density at radius 2 is 1.97 bits per heavy atom. The van der Waals surface area contributed by atoms with Crippen molar-refractivity contribution in [3.05, 3.63) is 70.9 Å². The van der Waals surface area contributed by atoms with E-state index < -0.39 is 41.7 Å². The first kappa shape index (κ1) is 26.8. The number of carbonyl (C=O) groups is 3. The molecule has 1 aliphatic rings. The van der Waals surface area contributed by atoms with Crippen LogP contribution in [-0.4, -0.2) is 50.6 Å². The zero-order valence-corrected chi connectivity index (χ0v) is 22.1. The van der Waals surface area contributed by atoms with Crippen molar-refractivity contribution in [3.63, 3.8) is 0 Å². The number of amides is 4. The normalized spacial score (nSPS) is 17.6. The Bertz CT molecular complexity index is 1370. The Morgan fingerprint density at radius 1 is 1.24 bits per heavy atom. The van der Waals surface area contributed by atoms with E-state index in [4.69, 9.17) is 5.73 Å². The number of rotatable bonds is 7. The van der Waals surface area contributed by atoms with E-state index in [9.17, 15) is 18.8 Å². The Hall–Kier alpha value is -4.28. The van der Waals surface area contributed by atoms with Crippen molar-refractivity contribution in [1.29, 1.82) is 0 Å². The molecule has 4 amide bonds. The number of hydrogen-bond donors (Lipinski definition) is 2. The molecule has 0 saturated carbocycles. The lowest BCUT2D eigenvalue weighted by molar-refractivity contribution is -0.156. The van der Waals surface area contributed by atoms with Gasteiger partial charge >= 0.3 is 6.03 Å². The number of carbonyl (C=O) groups excluding carboxylic acids is 3. The van der Waals surface area contributed by atoms with Crippen LogP contribution in [0.2, 0.25) is 0 Å². The molecule has 11 heteroatoms. The van der Waals surface area contributed by atoms with Crippen LogP contribution in [0.5, 0.6) is 0 Å². The molecule has 1 aliphatic heterocycles. The van der Waals surface area contributed by atoms with Crippen LogP contribution in [0.4, 0.5) is 20.7 Å². The molecule has 38 heavy (non-hydrogen) atoms. The molecule has 3 aromatic rings. The minimum Gasteiger partial charge on any atom is -0.384 e. The number of benzene rings is 1. The van der Waals surface area contributed by atoms with Crippen LogP contribution < -0.4 is 16.0 Å². The quantitative estimate of drug-likeness (QED) is 0.460. The fourth-order valence-electron chi connectivity index (χ4n) is 4.91. The van der Waals surface area contributed by atoms with Gasteiger partial charge in [-0.1, -0.05) is 13.0 Å². The molecule has 0 bridgehead atoms. The zero-order chi connectivity index (χ0) is 27.7. The maximum absolute atomic E-state index is 14.0. The van der Waals surface area contributed by atoms with Crippen molar-refractivity contribution in [2.75, 3.05) is 17.7 Å². The predicted molar refractivity (Wildman–Crippen MR) is 141 cm³/mol. The minimum atomic E-state index is -1.05. The fourth-order valence-corrected chi connectivity index (χ4v) is 4.91. The summed E-state index contributed by atoms with van der Waals surface area (Å²) in [4.78, 5) is 47.0.